The van der Waals surface area contributed by atoms with Crippen molar-refractivity contribution < 1.29 is 19.1 Å². The lowest BCUT2D eigenvalue weighted by atomic mass is 9.90. The van der Waals surface area contributed by atoms with Crippen LogP contribution in [0.4, 0.5) is 0 Å². The summed E-state index contributed by atoms with van der Waals surface area (Å²) in [5, 5.41) is 0. The van der Waals surface area contributed by atoms with E-state index in [1.54, 1.807) is 31.4 Å². The first kappa shape index (κ1) is 19.3. The fourth-order valence-electron chi connectivity index (χ4n) is 4.04. The van der Waals surface area contributed by atoms with E-state index in [4.69, 9.17) is 9.47 Å². The van der Waals surface area contributed by atoms with Crippen molar-refractivity contribution in [3.05, 3.63) is 59.7 Å². The highest BCUT2D eigenvalue weighted by atomic mass is 16.5. The average molecular weight is 394 g/mol. The molecule has 152 valence electrons. The average Bonchev–Trinajstić information content (AvgIpc) is 2.79. The van der Waals surface area contributed by atoms with Gasteiger partial charge in [0.1, 0.15) is 11.5 Å². The molecule has 0 N–H and O–H groups in total. The number of hydrogen-bond acceptors (Lipinski definition) is 4. The lowest BCUT2D eigenvalue weighted by molar-refractivity contribution is -0.133. The minimum Gasteiger partial charge on any atom is -0.497 e. The maximum absolute atomic E-state index is 12.9. The minimum absolute atomic E-state index is 0.00175. The highest BCUT2D eigenvalue weighted by Gasteiger charge is 2.29. The van der Waals surface area contributed by atoms with Crippen molar-refractivity contribution in [2.45, 2.75) is 18.8 Å². The van der Waals surface area contributed by atoms with Crippen molar-refractivity contribution in [2.24, 2.45) is 0 Å². The number of fused-ring (bicyclic) bond motifs is 1. The second kappa shape index (κ2) is 8.55. The summed E-state index contributed by atoms with van der Waals surface area (Å²) >= 11 is 0. The molecule has 2 aromatic rings. The van der Waals surface area contributed by atoms with Gasteiger partial charge in [0.25, 0.3) is 5.91 Å². The molecule has 2 aliphatic heterocycles. The van der Waals surface area contributed by atoms with Crippen LogP contribution in [0.25, 0.3) is 0 Å². The monoisotopic (exact) mass is 394 g/mol. The van der Waals surface area contributed by atoms with Crippen LogP contribution < -0.4 is 9.47 Å². The SMILES string of the molecule is COc1ccc(C(=O)N2CCN(C(=O)CC3CCOc4ccccc43)CC2)cc1. The third-order valence-corrected chi connectivity index (χ3v) is 5.76. The van der Waals surface area contributed by atoms with Gasteiger partial charge >= 0.3 is 0 Å². The molecule has 29 heavy (non-hydrogen) atoms. The van der Waals surface area contributed by atoms with Crippen molar-refractivity contribution in [2.75, 3.05) is 39.9 Å². The summed E-state index contributed by atoms with van der Waals surface area (Å²) in [7, 11) is 1.60. The quantitative estimate of drug-likeness (QED) is 0.800. The van der Waals surface area contributed by atoms with Crippen LogP contribution in [0.5, 0.6) is 11.5 Å². The number of rotatable bonds is 4. The van der Waals surface area contributed by atoms with Crippen molar-refractivity contribution in [1.82, 2.24) is 9.80 Å². The number of hydrogen-bond donors (Lipinski definition) is 0. The van der Waals surface area contributed by atoms with Crippen LogP contribution in [0.15, 0.2) is 48.5 Å². The van der Waals surface area contributed by atoms with Crippen molar-refractivity contribution in [1.29, 1.82) is 0 Å². The van der Waals surface area contributed by atoms with E-state index in [0.717, 1.165) is 23.5 Å². The third-order valence-electron chi connectivity index (χ3n) is 5.76. The Kier molecular flexibility index (Phi) is 5.69. The van der Waals surface area contributed by atoms with E-state index >= 15 is 0 Å². The summed E-state index contributed by atoms with van der Waals surface area (Å²) in [6.45, 7) is 2.91. The summed E-state index contributed by atoms with van der Waals surface area (Å²) in [5.74, 6) is 1.98. The maximum atomic E-state index is 12.9. The molecule has 6 heteroatoms. The molecule has 1 atom stereocenters. The Morgan fingerprint density at radius 2 is 1.69 bits per heavy atom. The van der Waals surface area contributed by atoms with E-state index in [1.165, 1.54) is 0 Å². The van der Waals surface area contributed by atoms with E-state index in [0.29, 0.717) is 44.8 Å². The lowest BCUT2D eigenvalue weighted by Gasteiger charge is -2.36. The van der Waals surface area contributed by atoms with Crippen LogP contribution in [-0.2, 0) is 4.79 Å². The van der Waals surface area contributed by atoms with Gasteiger partial charge in [-0.05, 0) is 48.2 Å². The molecule has 6 nitrogen and oxygen atoms in total. The third kappa shape index (κ3) is 4.21. The molecule has 0 bridgehead atoms. The smallest absolute Gasteiger partial charge is 0.253 e. The zero-order valence-electron chi connectivity index (χ0n) is 16.7. The second-order valence-corrected chi connectivity index (χ2v) is 7.48. The summed E-state index contributed by atoms with van der Waals surface area (Å²) in [5.41, 5.74) is 1.77. The highest BCUT2D eigenvalue weighted by Crippen LogP contribution is 2.35. The van der Waals surface area contributed by atoms with Gasteiger partial charge in [-0.25, -0.2) is 0 Å². The number of carbonyl (C=O) groups is 2. The number of nitrogens with zero attached hydrogens (tertiary/aromatic N) is 2. The van der Waals surface area contributed by atoms with Gasteiger partial charge in [0.15, 0.2) is 0 Å². The fraction of sp³-hybridized carbons (Fsp3) is 0.391. The van der Waals surface area contributed by atoms with Gasteiger partial charge in [-0.15, -0.1) is 0 Å². The molecule has 1 saturated heterocycles. The van der Waals surface area contributed by atoms with Gasteiger partial charge in [0.2, 0.25) is 5.91 Å². The Hall–Kier alpha value is -3.02. The van der Waals surface area contributed by atoms with Crippen LogP contribution in [0.1, 0.15) is 34.7 Å². The zero-order chi connectivity index (χ0) is 20.2. The van der Waals surface area contributed by atoms with Crippen LogP contribution in [0.3, 0.4) is 0 Å². The van der Waals surface area contributed by atoms with Gasteiger partial charge in [-0.3, -0.25) is 9.59 Å². The number of benzene rings is 2. The highest BCUT2D eigenvalue weighted by molar-refractivity contribution is 5.94. The Balaban J connectivity index is 1.32. The molecule has 0 radical (unpaired) electrons. The lowest BCUT2D eigenvalue weighted by Crippen LogP contribution is -2.50. The topological polar surface area (TPSA) is 59.1 Å². The molecule has 2 amide bonds. The van der Waals surface area contributed by atoms with E-state index < -0.39 is 0 Å². The molecule has 1 fully saturated rings. The molecule has 1 unspecified atom stereocenters. The van der Waals surface area contributed by atoms with E-state index in [2.05, 4.69) is 6.07 Å². The largest absolute Gasteiger partial charge is 0.497 e. The maximum Gasteiger partial charge on any atom is 0.253 e. The number of piperazine rings is 1. The number of ether oxygens (including phenoxy) is 2. The predicted octanol–water partition coefficient (Wildman–Crippen LogP) is 2.94. The van der Waals surface area contributed by atoms with Crippen LogP contribution >= 0.6 is 0 Å². The molecule has 0 aliphatic carbocycles. The Bertz CT molecular complexity index is 873. The Labute approximate surface area is 171 Å². The van der Waals surface area contributed by atoms with Crippen LogP contribution in [-0.4, -0.2) is 61.5 Å². The van der Waals surface area contributed by atoms with Gasteiger partial charge in [0.05, 0.1) is 13.7 Å². The zero-order valence-corrected chi connectivity index (χ0v) is 16.7. The van der Waals surface area contributed by atoms with Gasteiger partial charge in [0, 0.05) is 38.2 Å². The van der Waals surface area contributed by atoms with Crippen molar-refractivity contribution in [3.8, 4) is 11.5 Å². The van der Waals surface area contributed by atoms with Gasteiger partial charge in [-0.2, -0.15) is 0 Å². The summed E-state index contributed by atoms with van der Waals surface area (Å²) in [4.78, 5) is 29.3. The van der Waals surface area contributed by atoms with Crippen molar-refractivity contribution >= 4 is 11.8 Å². The fourth-order valence-corrected chi connectivity index (χ4v) is 4.04. The standard InChI is InChI=1S/C23H26N2O4/c1-28-19-8-6-17(7-9-19)23(27)25-13-11-24(12-14-25)22(26)16-18-10-15-29-21-5-3-2-4-20(18)21/h2-9,18H,10-16H2,1H3. The minimum atomic E-state index is -0.00175. The van der Waals surface area contributed by atoms with Crippen LogP contribution in [0.2, 0.25) is 0 Å². The molecule has 0 spiro atoms. The van der Waals surface area contributed by atoms with Crippen molar-refractivity contribution in [3.63, 3.8) is 0 Å². The molecular weight excluding hydrogens is 368 g/mol. The normalized spacial score (nSPS) is 18.6. The molecule has 4 rings (SSSR count). The molecule has 2 aromatic carbocycles. The summed E-state index contributed by atoms with van der Waals surface area (Å²) in [6.07, 6.45) is 1.35. The summed E-state index contributed by atoms with van der Waals surface area (Å²) in [6, 6.07) is 15.1. The Morgan fingerprint density at radius 1 is 1.00 bits per heavy atom. The van der Waals surface area contributed by atoms with E-state index in [1.807, 2.05) is 28.0 Å². The number of carbonyl (C=O) groups excluding carboxylic acids is 2. The first-order valence-electron chi connectivity index (χ1n) is 10.1. The number of para-hydroxylation sites is 1. The molecule has 0 saturated carbocycles. The number of amides is 2. The first-order valence-corrected chi connectivity index (χ1v) is 10.1. The van der Waals surface area contributed by atoms with E-state index in [-0.39, 0.29) is 17.7 Å². The molecule has 0 aromatic heterocycles. The second-order valence-electron chi connectivity index (χ2n) is 7.48. The molecule has 2 heterocycles. The first-order chi connectivity index (χ1) is 14.2. The number of methoxy groups -OCH3 is 1. The van der Waals surface area contributed by atoms with E-state index in [9.17, 15) is 9.59 Å². The summed E-state index contributed by atoms with van der Waals surface area (Å²) < 4.78 is 10.8. The van der Waals surface area contributed by atoms with Gasteiger partial charge in [-0.1, -0.05) is 18.2 Å². The molecule has 2 aliphatic rings. The van der Waals surface area contributed by atoms with Gasteiger partial charge < -0.3 is 19.3 Å². The molecular formula is C23H26N2O4. The van der Waals surface area contributed by atoms with Crippen LogP contribution in [0, 0.1) is 0 Å². The predicted molar refractivity (Wildman–Crippen MR) is 109 cm³/mol. The Morgan fingerprint density at radius 3 is 2.41 bits per heavy atom.